The number of piperidine rings is 1. The molecule has 2 rings (SSSR count). The molecule has 0 atom stereocenters. The van der Waals surface area contributed by atoms with Gasteiger partial charge in [0.25, 0.3) is 0 Å². The summed E-state index contributed by atoms with van der Waals surface area (Å²) >= 11 is 0. The number of rotatable bonds is 8. The molecule has 26 heavy (non-hydrogen) atoms. The van der Waals surface area contributed by atoms with Crippen molar-refractivity contribution < 1.29 is 13.2 Å². The van der Waals surface area contributed by atoms with Crippen molar-refractivity contribution in [2.24, 2.45) is 10.9 Å². The summed E-state index contributed by atoms with van der Waals surface area (Å²) in [6, 6.07) is 10.1. The minimum atomic E-state index is -3.06. The number of hydrogen-bond acceptors (Lipinski definition) is 4. The fourth-order valence-electron chi connectivity index (χ4n) is 2.91. The molecule has 0 unspecified atom stereocenters. The van der Waals surface area contributed by atoms with E-state index in [0.29, 0.717) is 38.8 Å². The summed E-state index contributed by atoms with van der Waals surface area (Å²) in [5, 5.41) is 6.55. The van der Waals surface area contributed by atoms with Gasteiger partial charge < -0.3 is 15.4 Å². The second kappa shape index (κ2) is 10.5. The highest BCUT2D eigenvalue weighted by Crippen LogP contribution is 2.18. The number of ether oxygens (including phenoxy) is 1. The normalized spacial score (nSPS) is 17.2. The van der Waals surface area contributed by atoms with E-state index in [1.807, 2.05) is 30.3 Å². The number of aliphatic imine (C=N–C) groups is 1. The van der Waals surface area contributed by atoms with Gasteiger partial charge in [0.2, 0.25) is 10.0 Å². The summed E-state index contributed by atoms with van der Waals surface area (Å²) in [4.78, 5) is 4.22. The molecule has 1 aliphatic heterocycles. The zero-order valence-electron chi connectivity index (χ0n) is 15.6. The van der Waals surface area contributed by atoms with Crippen molar-refractivity contribution in [3.63, 3.8) is 0 Å². The van der Waals surface area contributed by atoms with Crippen LogP contribution in [0.1, 0.15) is 18.4 Å². The zero-order valence-corrected chi connectivity index (χ0v) is 16.5. The molecule has 1 aliphatic rings. The molecule has 0 spiro atoms. The molecule has 8 heteroatoms. The van der Waals surface area contributed by atoms with E-state index in [4.69, 9.17) is 4.74 Å². The first-order chi connectivity index (χ1) is 12.5. The molecule has 2 N–H and O–H groups in total. The van der Waals surface area contributed by atoms with E-state index in [2.05, 4.69) is 15.6 Å². The average Bonchev–Trinajstić information content (AvgIpc) is 2.64. The van der Waals surface area contributed by atoms with Crippen LogP contribution >= 0.6 is 0 Å². The lowest BCUT2D eigenvalue weighted by molar-refractivity contribution is 0.125. The maximum atomic E-state index is 11.5. The van der Waals surface area contributed by atoms with E-state index in [9.17, 15) is 8.42 Å². The van der Waals surface area contributed by atoms with E-state index < -0.39 is 10.0 Å². The third kappa shape index (κ3) is 7.31. The minimum absolute atomic E-state index is 0.459. The fourth-order valence-corrected chi connectivity index (χ4v) is 3.79. The fraction of sp³-hybridized carbons (Fsp3) is 0.611. The molecule has 7 nitrogen and oxygen atoms in total. The number of sulfonamides is 1. The van der Waals surface area contributed by atoms with Gasteiger partial charge >= 0.3 is 0 Å². The summed E-state index contributed by atoms with van der Waals surface area (Å²) in [5.41, 5.74) is 1.16. The van der Waals surface area contributed by atoms with Crippen molar-refractivity contribution in [3.05, 3.63) is 35.9 Å². The van der Waals surface area contributed by atoms with E-state index in [1.165, 1.54) is 6.26 Å². The first-order valence-corrected chi connectivity index (χ1v) is 10.8. The molecular formula is C18H30N4O3S. The van der Waals surface area contributed by atoms with Gasteiger partial charge in [0.05, 0.1) is 19.5 Å². The highest BCUT2D eigenvalue weighted by atomic mass is 32.2. The number of guanidine groups is 1. The van der Waals surface area contributed by atoms with Crippen LogP contribution in [0, 0.1) is 5.92 Å². The second-order valence-electron chi connectivity index (χ2n) is 6.52. The van der Waals surface area contributed by atoms with Gasteiger partial charge in [0, 0.05) is 33.2 Å². The van der Waals surface area contributed by atoms with Gasteiger partial charge in [-0.15, -0.1) is 0 Å². The molecule has 1 heterocycles. The minimum Gasteiger partial charge on any atom is -0.375 e. The van der Waals surface area contributed by atoms with Crippen LogP contribution in [-0.2, 0) is 21.4 Å². The summed E-state index contributed by atoms with van der Waals surface area (Å²) < 4.78 is 30.3. The van der Waals surface area contributed by atoms with Gasteiger partial charge in [-0.3, -0.25) is 4.99 Å². The molecule has 0 amide bonds. The van der Waals surface area contributed by atoms with Crippen LogP contribution in [0.2, 0.25) is 0 Å². The van der Waals surface area contributed by atoms with Gasteiger partial charge in [-0.1, -0.05) is 30.3 Å². The molecule has 1 saturated heterocycles. The average molecular weight is 383 g/mol. The van der Waals surface area contributed by atoms with Crippen LogP contribution in [0.3, 0.4) is 0 Å². The Morgan fingerprint density at radius 3 is 2.54 bits per heavy atom. The molecule has 0 saturated carbocycles. The highest BCUT2D eigenvalue weighted by molar-refractivity contribution is 7.88. The zero-order chi connectivity index (χ0) is 18.8. The largest absolute Gasteiger partial charge is 0.375 e. The molecule has 146 valence electrons. The maximum absolute atomic E-state index is 11.5. The molecule has 1 aromatic carbocycles. The van der Waals surface area contributed by atoms with Crippen LogP contribution in [0.5, 0.6) is 0 Å². The highest BCUT2D eigenvalue weighted by Gasteiger charge is 2.24. The Labute approximate surface area is 156 Å². The first-order valence-electron chi connectivity index (χ1n) is 9.00. The van der Waals surface area contributed by atoms with Crippen molar-refractivity contribution in [2.45, 2.75) is 19.4 Å². The Bertz CT molecular complexity index is 656. The van der Waals surface area contributed by atoms with Gasteiger partial charge in [-0.2, -0.15) is 0 Å². The quantitative estimate of drug-likeness (QED) is 0.399. The maximum Gasteiger partial charge on any atom is 0.211 e. The predicted octanol–water partition coefficient (Wildman–Crippen LogP) is 1.04. The van der Waals surface area contributed by atoms with Crippen LogP contribution in [0.4, 0.5) is 0 Å². The standard InChI is InChI=1S/C18H30N4O3S/c1-19-18(20-10-13-25-15-17-6-4-3-5-7-17)21-14-16-8-11-22(12-9-16)26(2,23)24/h3-7,16H,8-15H2,1-2H3,(H2,19,20,21). The lowest BCUT2D eigenvalue weighted by Gasteiger charge is -2.30. The van der Waals surface area contributed by atoms with E-state index >= 15 is 0 Å². The number of nitrogens with zero attached hydrogens (tertiary/aromatic N) is 2. The first kappa shape index (κ1) is 20.7. The Morgan fingerprint density at radius 1 is 1.23 bits per heavy atom. The van der Waals surface area contributed by atoms with Crippen molar-refractivity contribution in [3.8, 4) is 0 Å². The van der Waals surface area contributed by atoms with Crippen molar-refractivity contribution in [1.82, 2.24) is 14.9 Å². The van der Waals surface area contributed by atoms with E-state index in [-0.39, 0.29) is 0 Å². The lowest BCUT2D eigenvalue weighted by atomic mass is 9.98. The molecule has 0 radical (unpaired) electrons. The van der Waals surface area contributed by atoms with Crippen molar-refractivity contribution >= 4 is 16.0 Å². The summed E-state index contributed by atoms with van der Waals surface area (Å²) in [6.45, 7) is 3.88. The van der Waals surface area contributed by atoms with Gasteiger partial charge in [0.15, 0.2) is 5.96 Å². The Hall–Kier alpha value is -1.64. The lowest BCUT2D eigenvalue weighted by Crippen LogP contribution is -2.44. The Morgan fingerprint density at radius 2 is 1.92 bits per heavy atom. The van der Waals surface area contributed by atoms with E-state index in [1.54, 1.807) is 11.4 Å². The number of benzene rings is 1. The van der Waals surface area contributed by atoms with Gasteiger partial charge in [-0.05, 0) is 24.3 Å². The number of hydrogen-bond donors (Lipinski definition) is 2. The predicted molar refractivity (Wildman–Crippen MR) is 105 cm³/mol. The molecule has 1 aromatic rings. The van der Waals surface area contributed by atoms with Gasteiger partial charge in [-0.25, -0.2) is 12.7 Å². The van der Waals surface area contributed by atoms with Crippen LogP contribution < -0.4 is 10.6 Å². The summed E-state index contributed by atoms with van der Waals surface area (Å²) in [7, 11) is -1.32. The smallest absolute Gasteiger partial charge is 0.211 e. The van der Waals surface area contributed by atoms with Crippen molar-refractivity contribution in [1.29, 1.82) is 0 Å². The van der Waals surface area contributed by atoms with Crippen molar-refractivity contribution in [2.75, 3.05) is 46.1 Å². The molecule has 0 aromatic heterocycles. The monoisotopic (exact) mass is 382 g/mol. The molecule has 0 aliphatic carbocycles. The second-order valence-corrected chi connectivity index (χ2v) is 8.51. The Balaban J connectivity index is 1.58. The SMILES string of the molecule is CN=C(NCCOCc1ccccc1)NCC1CCN(S(C)(=O)=O)CC1. The van der Waals surface area contributed by atoms with Crippen LogP contribution in [0.15, 0.2) is 35.3 Å². The molecular weight excluding hydrogens is 352 g/mol. The van der Waals surface area contributed by atoms with Crippen LogP contribution in [-0.4, -0.2) is 64.8 Å². The summed E-state index contributed by atoms with van der Waals surface area (Å²) in [5.74, 6) is 1.21. The third-order valence-electron chi connectivity index (χ3n) is 4.47. The topological polar surface area (TPSA) is 83.0 Å². The van der Waals surface area contributed by atoms with Gasteiger partial charge in [0.1, 0.15) is 0 Å². The Kier molecular flexibility index (Phi) is 8.34. The number of nitrogens with one attached hydrogen (secondary N) is 2. The molecule has 0 bridgehead atoms. The summed E-state index contributed by atoms with van der Waals surface area (Å²) in [6.07, 6.45) is 3.02. The third-order valence-corrected chi connectivity index (χ3v) is 5.78. The van der Waals surface area contributed by atoms with E-state index in [0.717, 1.165) is 30.9 Å². The molecule has 1 fully saturated rings. The van der Waals surface area contributed by atoms with Crippen LogP contribution in [0.25, 0.3) is 0 Å².